The van der Waals surface area contributed by atoms with Gasteiger partial charge in [0.1, 0.15) is 12.3 Å². The van der Waals surface area contributed by atoms with Gasteiger partial charge in [-0.1, -0.05) is 41.9 Å². The van der Waals surface area contributed by atoms with Gasteiger partial charge in [0.05, 0.1) is 17.7 Å². The lowest BCUT2D eigenvalue weighted by Gasteiger charge is -2.24. The maximum Gasteiger partial charge on any atom is 0.264 e. The average Bonchev–Trinajstić information content (AvgIpc) is 2.86. The van der Waals surface area contributed by atoms with Gasteiger partial charge in [-0.2, -0.15) is 11.8 Å². The van der Waals surface area contributed by atoms with Gasteiger partial charge in [0.2, 0.25) is 5.91 Å². The summed E-state index contributed by atoms with van der Waals surface area (Å²) in [4.78, 5) is 12.8. The summed E-state index contributed by atoms with van der Waals surface area (Å²) >= 11 is 7.67. The van der Waals surface area contributed by atoms with Gasteiger partial charge in [0.25, 0.3) is 10.0 Å². The van der Waals surface area contributed by atoms with Crippen LogP contribution in [-0.4, -0.2) is 40.3 Å². The number of sulfonamides is 1. The fourth-order valence-corrected chi connectivity index (χ4v) is 5.63. The molecule has 1 N–H and O–H groups in total. The summed E-state index contributed by atoms with van der Waals surface area (Å²) in [5, 5.41) is 3.55. The lowest BCUT2D eigenvalue weighted by Crippen LogP contribution is -2.41. The van der Waals surface area contributed by atoms with Crippen LogP contribution >= 0.6 is 23.4 Å². The third-order valence-corrected chi connectivity index (χ3v) is 8.10. The molecule has 0 radical (unpaired) electrons. The van der Waals surface area contributed by atoms with Crippen LogP contribution < -0.4 is 14.4 Å². The Morgan fingerprint density at radius 3 is 2.32 bits per heavy atom. The van der Waals surface area contributed by atoms with Crippen molar-refractivity contribution in [2.75, 3.05) is 30.3 Å². The third-order valence-electron chi connectivity index (χ3n) is 4.95. The molecule has 0 bridgehead atoms. The zero-order valence-corrected chi connectivity index (χ0v) is 21.2. The summed E-state index contributed by atoms with van der Waals surface area (Å²) in [6.45, 7) is 0.149. The Balaban J connectivity index is 1.57. The highest BCUT2D eigenvalue weighted by molar-refractivity contribution is 7.98. The van der Waals surface area contributed by atoms with Crippen molar-refractivity contribution in [3.8, 4) is 5.75 Å². The fraction of sp³-hybridized carbons (Fsp3) is 0.240. The second-order valence-corrected chi connectivity index (χ2v) is 10.8. The van der Waals surface area contributed by atoms with Gasteiger partial charge >= 0.3 is 0 Å². The molecule has 0 aliphatic rings. The molecule has 0 aliphatic heterocycles. The number of benzene rings is 3. The maximum absolute atomic E-state index is 13.3. The van der Waals surface area contributed by atoms with Gasteiger partial charge in [-0.15, -0.1) is 0 Å². The fourth-order valence-electron chi connectivity index (χ4n) is 3.14. The van der Waals surface area contributed by atoms with Crippen LogP contribution in [0.2, 0.25) is 5.02 Å². The Morgan fingerprint density at radius 2 is 1.68 bits per heavy atom. The zero-order chi connectivity index (χ0) is 24.4. The number of thioether (sulfide) groups is 1. The summed E-state index contributed by atoms with van der Waals surface area (Å²) in [6, 6.07) is 22.4. The topological polar surface area (TPSA) is 75.7 Å². The maximum atomic E-state index is 13.3. The normalized spacial score (nSPS) is 11.1. The lowest BCUT2D eigenvalue weighted by atomic mass is 10.2. The van der Waals surface area contributed by atoms with Crippen LogP contribution in [0.3, 0.4) is 0 Å². The molecule has 0 fully saturated rings. The third kappa shape index (κ3) is 7.41. The number of hydrogen-bond donors (Lipinski definition) is 1. The molecule has 34 heavy (non-hydrogen) atoms. The number of ether oxygens (including phenoxy) is 1. The van der Waals surface area contributed by atoms with Crippen LogP contribution in [0.25, 0.3) is 0 Å². The monoisotopic (exact) mass is 518 g/mol. The highest BCUT2D eigenvalue weighted by Crippen LogP contribution is 2.25. The van der Waals surface area contributed by atoms with E-state index in [1.54, 1.807) is 54.2 Å². The standard InChI is InChI=1S/C25H27ClN2O4S2/c1-32-23-14-12-22(13-15-23)28(34(30,31)24-6-3-2-4-7-24)18-25(29)27-16-5-17-33-19-20-8-10-21(26)11-9-20/h2-4,6-15H,5,16-19H2,1H3,(H,27,29). The molecule has 0 saturated carbocycles. The van der Waals surface area contributed by atoms with E-state index in [0.29, 0.717) is 18.0 Å². The molecule has 0 saturated heterocycles. The number of halogens is 1. The van der Waals surface area contributed by atoms with E-state index in [-0.39, 0.29) is 17.3 Å². The Bertz CT molecular complexity index is 1160. The predicted molar refractivity (Wildman–Crippen MR) is 139 cm³/mol. The molecular formula is C25H27ClN2O4S2. The lowest BCUT2D eigenvalue weighted by molar-refractivity contribution is -0.119. The molecule has 0 atom stereocenters. The van der Waals surface area contributed by atoms with Gasteiger partial charge < -0.3 is 10.1 Å². The molecule has 3 rings (SSSR count). The second-order valence-electron chi connectivity index (χ2n) is 7.41. The molecule has 180 valence electrons. The largest absolute Gasteiger partial charge is 0.497 e. The van der Waals surface area contributed by atoms with E-state index in [1.165, 1.54) is 24.8 Å². The van der Waals surface area contributed by atoms with E-state index in [4.69, 9.17) is 16.3 Å². The quantitative estimate of drug-likeness (QED) is 0.342. The van der Waals surface area contributed by atoms with E-state index >= 15 is 0 Å². The van der Waals surface area contributed by atoms with Crippen LogP contribution in [0, 0.1) is 0 Å². The van der Waals surface area contributed by atoms with Crippen molar-refractivity contribution in [1.29, 1.82) is 0 Å². The molecule has 0 aromatic heterocycles. The van der Waals surface area contributed by atoms with Crippen LogP contribution in [-0.2, 0) is 20.6 Å². The number of carbonyl (C=O) groups excluding carboxylic acids is 1. The van der Waals surface area contributed by atoms with E-state index in [9.17, 15) is 13.2 Å². The summed E-state index contributed by atoms with van der Waals surface area (Å²) in [7, 11) is -2.39. The van der Waals surface area contributed by atoms with Crippen LogP contribution in [0.4, 0.5) is 5.69 Å². The van der Waals surface area contributed by atoms with E-state index in [2.05, 4.69) is 5.32 Å². The van der Waals surface area contributed by atoms with Crippen molar-refractivity contribution in [2.24, 2.45) is 0 Å². The van der Waals surface area contributed by atoms with E-state index in [0.717, 1.165) is 27.3 Å². The number of anilines is 1. The first-order valence-corrected chi connectivity index (χ1v) is 13.7. The Hall–Kier alpha value is -2.68. The van der Waals surface area contributed by atoms with Gasteiger partial charge in [-0.25, -0.2) is 8.42 Å². The van der Waals surface area contributed by atoms with Gasteiger partial charge in [-0.05, 0) is 66.3 Å². The zero-order valence-electron chi connectivity index (χ0n) is 18.8. The van der Waals surface area contributed by atoms with Crippen molar-refractivity contribution in [1.82, 2.24) is 5.32 Å². The number of nitrogens with one attached hydrogen (secondary N) is 1. The molecular weight excluding hydrogens is 492 g/mol. The molecule has 9 heteroatoms. The van der Waals surface area contributed by atoms with Crippen LogP contribution in [0.15, 0.2) is 83.8 Å². The molecule has 0 aliphatic carbocycles. The first-order valence-electron chi connectivity index (χ1n) is 10.7. The van der Waals surface area contributed by atoms with Crippen molar-refractivity contribution in [3.63, 3.8) is 0 Å². The molecule has 3 aromatic rings. The minimum atomic E-state index is -3.92. The SMILES string of the molecule is COc1ccc(N(CC(=O)NCCCSCc2ccc(Cl)cc2)S(=O)(=O)c2ccccc2)cc1. The number of amides is 1. The van der Waals surface area contributed by atoms with E-state index in [1.807, 2.05) is 24.3 Å². The van der Waals surface area contributed by atoms with Crippen molar-refractivity contribution < 1.29 is 17.9 Å². The van der Waals surface area contributed by atoms with Crippen LogP contribution in [0.1, 0.15) is 12.0 Å². The first kappa shape index (κ1) is 25.9. The molecule has 0 heterocycles. The number of methoxy groups -OCH3 is 1. The summed E-state index contributed by atoms with van der Waals surface area (Å²) in [5.74, 6) is 1.97. The molecule has 3 aromatic carbocycles. The number of rotatable bonds is 12. The Morgan fingerprint density at radius 1 is 1.00 bits per heavy atom. The molecule has 0 unspecified atom stereocenters. The minimum Gasteiger partial charge on any atom is -0.497 e. The van der Waals surface area contributed by atoms with E-state index < -0.39 is 10.0 Å². The van der Waals surface area contributed by atoms with Crippen molar-refractivity contribution in [3.05, 3.63) is 89.4 Å². The predicted octanol–water partition coefficient (Wildman–Crippen LogP) is 4.98. The second kappa shape index (κ2) is 12.7. The molecule has 6 nitrogen and oxygen atoms in total. The Labute approximate surface area is 210 Å². The molecule has 0 spiro atoms. The van der Waals surface area contributed by atoms with Crippen LogP contribution in [0.5, 0.6) is 5.75 Å². The highest BCUT2D eigenvalue weighted by atomic mass is 35.5. The minimum absolute atomic E-state index is 0.122. The summed E-state index contributed by atoms with van der Waals surface area (Å²) < 4.78 is 32.9. The summed E-state index contributed by atoms with van der Waals surface area (Å²) in [5.41, 5.74) is 1.58. The van der Waals surface area contributed by atoms with Crippen molar-refractivity contribution in [2.45, 2.75) is 17.1 Å². The number of nitrogens with zero attached hydrogens (tertiary/aromatic N) is 1. The first-order chi connectivity index (χ1) is 16.4. The highest BCUT2D eigenvalue weighted by Gasteiger charge is 2.27. The van der Waals surface area contributed by atoms with Crippen molar-refractivity contribution >= 4 is 45.0 Å². The molecule has 1 amide bonds. The summed E-state index contributed by atoms with van der Waals surface area (Å²) in [6.07, 6.45) is 0.776. The van der Waals surface area contributed by atoms with Gasteiger partial charge in [-0.3, -0.25) is 9.10 Å². The number of hydrogen-bond acceptors (Lipinski definition) is 5. The van der Waals surface area contributed by atoms with Gasteiger partial charge in [0, 0.05) is 17.3 Å². The number of carbonyl (C=O) groups is 1. The Kier molecular flexibility index (Phi) is 9.68. The van der Waals surface area contributed by atoms with Gasteiger partial charge in [0.15, 0.2) is 0 Å². The average molecular weight is 519 g/mol. The smallest absolute Gasteiger partial charge is 0.264 e.